The number of thiazole rings is 1. The topological polar surface area (TPSA) is 42.2 Å². The Kier molecular flexibility index (Phi) is 4.38. The number of likely N-dealkylation sites (tertiary alicyclic amines) is 1. The van der Waals surface area contributed by atoms with Gasteiger partial charge in [0.25, 0.3) is 0 Å². The number of nitrogens with two attached hydrogens (primary N) is 1. The molecule has 0 spiro atoms. The van der Waals surface area contributed by atoms with Crippen LogP contribution in [0.1, 0.15) is 24.6 Å². The third-order valence-corrected chi connectivity index (χ3v) is 5.28. The van der Waals surface area contributed by atoms with Crippen LogP contribution in [0, 0.1) is 12.8 Å². The lowest BCUT2D eigenvalue weighted by Gasteiger charge is -2.34. The van der Waals surface area contributed by atoms with Gasteiger partial charge in [-0.1, -0.05) is 36.8 Å². The van der Waals surface area contributed by atoms with E-state index in [9.17, 15) is 0 Å². The molecule has 0 saturated carbocycles. The summed E-state index contributed by atoms with van der Waals surface area (Å²) in [4.78, 5) is 7.21. The summed E-state index contributed by atoms with van der Waals surface area (Å²) in [6.45, 7) is 7.39. The van der Waals surface area contributed by atoms with Crippen molar-refractivity contribution in [1.29, 1.82) is 0 Å². The molecule has 1 aromatic heterocycles. The smallest absolute Gasteiger partial charge is 0.123 e. The normalized spacial score (nSPS) is 23.4. The Morgan fingerprint density at radius 1 is 1.33 bits per heavy atom. The number of benzene rings is 1. The van der Waals surface area contributed by atoms with E-state index in [-0.39, 0.29) is 0 Å². The van der Waals surface area contributed by atoms with Crippen molar-refractivity contribution in [1.82, 2.24) is 9.88 Å². The minimum atomic E-state index is 0.300. The number of aromatic nitrogens is 1. The first-order chi connectivity index (χ1) is 10.1. The van der Waals surface area contributed by atoms with E-state index >= 15 is 0 Å². The molecular formula is C17H23N3S. The fraction of sp³-hybridized carbons (Fsp3) is 0.471. The largest absolute Gasteiger partial charge is 0.326 e. The van der Waals surface area contributed by atoms with Crippen LogP contribution in [-0.4, -0.2) is 29.0 Å². The van der Waals surface area contributed by atoms with Crippen LogP contribution in [0.5, 0.6) is 0 Å². The number of aryl methyl sites for hydroxylation is 1. The van der Waals surface area contributed by atoms with Crippen LogP contribution in [-0.2, 0) is 6.54 Å². The lowest BCUT2D eigenvalue weighted by molar-refractivity contribution is 0.161. The average Bonchev–Trinajstić information content (AvgIpc) is 2.92. The number of hydrogen-bond donors (Lipinski definition) is 1. The maximum atomic E-state index is 6.17. The van der Waals surface area contributed by atoms with Gasteiger partial charge in [-0.15, -0.1) is 11.3 Å². The van der Waals surface area contributed by atoms with Gasteiger partial charge < -0.3 is 5.73 Å². The minimum Gasteiger partial charge on any atom is -0.326 e. The maximum absolute atomic E-state index is 6.17. The Morgan fingerprint density at radius 3 is 2.81 bits per heavy atom. The summed E-state index contributed by atoms with van der Waals surface area (Å²) in [5, 5.41) is 3.29. The summed E-state index contributed by atoms with van der Waals surface area (Å²) in [7, 11) is 0. The van der Waals surface area contributed by atoms with Gasteiger partial charge in [-0.05, 0) is 25.8 Å². The highest BCUT2D eigenvalue weighted by Gasteiger charge is 2.23. The fourth-order valence-corrected chi connectivity index (χ4v) is 3.57. The van der Waals surface area contributed by atoms with E-state index in [2.05, 4.69) is 48.4 Å². The van der Waals surface area contributed by atoms with Gasteiger partial charge in [0.05, 0.1) is 5.69 Å². The molecule has 3 rings (SSSR count). The summed E-state index contributed by atoms with van der Waals surface area (Å²) in [6, 6.07) is 8.88. The van der Waals surface area contributed by atoms with Gasteiger partial charge in [-0.2, -0.15) is 0 Å². The molecular weight excluding hydrogens is 278 g/mol. The molecule has 1 aliphatic heterocycles. The molecule has 112 valence electrons. The molecule has 4 heteroatoms. The molecule has 1 saturated heterocycles. The van der Waals surface area contributed by atoms with E-state index in [1.807, 2.05) is 0 Å². The fourth-order valence-electron chi connectivity index (χ4n) is 2.75. The molecule has 2 atom stereocenters. The van der Waals surface area contributed by atoms with Crippen molar-refractivity contribution < 1.29 is 0 Å². The second-order valence-corrected chi connectivity index (χ2v) is 7.03. The Hall–Kier alpha value is -1.23. The summed E-state index contributed by atoms with van der Waals surface area (Å²) in [5.74, 6) is 0.639. The molecule has 1 fully saturated rings. The maximum Gasteiger partial charge on any atom is 0.123 e. The molecule has 2 aromatic rings. The second kappa shape index (κ2) is 6.26. The Bertz CT molecular complexity index is 590. The highest BCUT2D eigenvalue weighted by Crippen LogP contribution is 2.25. The molecule has 0 amide bonds. The zero-order valence-electron chi connectivity index (χ0n) is 12.7. The summed E-state index contributed by atoms with van der Waals surface area (Å²) in [5.41, 5.74) is 9.83. The van der Waals surface area contributed by atoms with Crippen molar-refractivity contribution >= 4 is 11.3 Å². The molecule has 2 heterocycles. The highest BCUT2D eigenvalue weighted by molar-refractivity contribution is 7.13. The molecule has 2 N–H and O–H groups in total. The molecule has 21 heavy (non-hydrogen) atoms. The number of hydrogen-bond acceptors (Lipinski definition) is 4. The zero-order valence-corrected chi connectivity index (χ0v) is 13.6. The van der Waals surface area contributed by atoms with Crippen LogP contribution >= 0.6 is 11.3 Å². The molecule has 0 bridgehead atoms. The molecule has 0 radical (unpaired) electrons. The van der Waals surface area contributed by atoms with Gasteiger partial charge in [0.15, 0.2) is 0 Å². The van der Waals surface area contributed by atoms with Crippen molar-refractivity contribution in [2.45, 2.75) is 32.9 Å². The lowest BCUT2D eigenvalue weighted by Crippen LogP contribution is -2.47. The number of piperidine rings is 1. The van der Waals surface area contributed by atoms with Crippen LogP contribution in [0.15, 0.2) is 29.6 Å². The van der Waals surface area contributed by atoms with Crippen molar-refractivity contribution in [3.63, 3.8) is 0 Å². The second-order valence-electron chi connectivity index (χ2n) is 6.17. The first kappa shape index (κ1) is 14.7. The van der Waals surface area contributed by atoms with Gasteiger partial charge in [0.2, 0.25) is 0 Å². The van der Waals surface area contributed by atoms with Gasteiger partial charge in [0, 0.05) is 30.1 Å². The standard InChI is InChI=1S/C17H23N3S/c1-12-3-5-14(6-4-12)17-19-15(11-21-17)9-20-8-7-13(2)16(18)10-20/h3-6,11,13,16H,7-10,18H2,1-2H3. The van der Waals surface area contributed by atoms with Crippen LogP contribution in [0.2, 0.25) is 0 Å². The SMILES string of the molecule is Cc1ccc(-c2nc(CN3CCC(C)C(N)C3)cs2)cc1. The predicted molar refractivity (Wildman–Crippen MR) is 89.3 cm³/mol. The number of rotatable bonds is 3. The van der Waals surface area contributed by atoms with Crippen molar-refractivity contribution in [3.8, 4) is 10.6 Å². The zero-order chi connectivity index (χ0) is 14.8. The van der Waals surface area contributed by atoms with Gasteiger partial charge in [0.1, 0.15) is 5.01 Å². The lowest BCUT2D eigenvalue weighted by atomic mass is 9.94. The molecule has 1 aromatic carbocycles. The third-order valence-electron chi connectivity index (χ3n) is 4.34. The monoisotopic (exact) mass is 301 g/mol. The Labute approximate surface area is 130 Å². The van der Waals surface area contributed by atoms with Gasteiger partial charge in [-0.25, -0.2) is 4.98 Å². The third kappa shape index (κ3) is 3.51. The van der Waals surface area contributed by atoms with Crippen LogP contribution in [0.4, 0.5) is 0 Å². The van der Waals surface area contributed by atoms with Crippen LogP contribution in [0.25, 0.3) is 10.6 Å². The molecule has 2 unspecified atom stereocenters. The Morgan fingerprint density at radius 2 is 2.10 bits per heavy atom. The van der Waals surface area contributed by atoms with Crippen molar-refractivity contribution in [2.24, 2.45) is 11.7 Å². The van der Waals surface area contributed by atoms with E-state index in [1.54, 1.807) is 11.3 Å². The van der Waals surface area contributed by atoms with Crippen LogP contribution in [0.3, 0.4) is 0 Å². The van der Waals surface area contributed by atoms with Gasteiger partial charge >= 0.3 is 0 Å². The predicted octanol–water partition coefficient (Wildman–Crippen LogP) is 3.29. The van der Waals surface area contributed by atoms with Gasteiger partial charge in [-0.3, -0.25) is 4.90 Å². The first-order valence-electron chi connectivity index (χ1n) is 7.61. The quantitative estimate of drug-likeness (QED) is 0.946. The van der Waals surface area contributed by atoms with E-state index in [0.29, 0.717) is 12.0 Å². The average molecular weight is 301 g/mol. The molecule has 3 nitrogen and oxygen atoms in total. The molecule has 0 aliphatic carbocycles. The summed E-state index contributed by atoms with van der Waals surface area (Å²) >= 11 is 1.73. The van der Waals surface area contributed by atoms with Crippen molar-refractivity contribution in [2.75, 3.05) is 13.1 Å². The first-order valence-corrected chi connectivity index (χ1v) is 8.49. The summed E-state index contributed by atoms with van der Waals surface area (Å²) in [6.07, 6.45) is 1.19. The summed E-state index contributed by atoms with van der Waals surface area (Å²) < 4.78 is 0. The van der Waals surface area contributed by atoms with Crippen molar-refractivity contribution in [3.05, 3.63) is 40.9 Å². The van der Waals surface area contributed by atoms with Crippen LogP contribution < -0.4 is 5.73 Å². The Balaban J connectivity index is 1.66. The molecule has 1 aliphatic rings. The van der Waals surface area contributed by atoms with E-state index in [1.165, 1.54) is 17.5 Å². The van der Waals surface area contributed by atoms with E-state index in [0.717, 1.165) is 30.3 Å². The van der Waals surface area contributed by atoms with E-state index in [4.69, 9.17) is 10.7 Å². The highest BCUT2D eigenvalue weighted by atomic mass is 32.1. The van der Waals surface area contributed by atoms with E-state index < -0.39 is 0 Å². The minimum absolute atomic E-state index is 0.300. The number of nitrogens with zero attached hydrogens (tertiary/aromatic N) is 2.